The van der Waals surface area contributed by atoms with Gasteiger partial charge in [0.25, 0.3) is 0 Å². The SMILES string of the molecule is CCCn1c(-c2cc(O)ccc2O)nc2ccc(Cl)cc21. The van der Waals surface area contributed by atoms with Gasteiger partial charge in [0.1, 0.15) is 17.3 Å². The molecule has 3 aromatic rings. The largest absolute Gasteiger partial charge is 0.508 e. The number of fused-ring (bicyclic) bond motifs is 1. The second-order valence-electron chi connectivity index (χ2n) is 4.92. The van der Waals surface area contributed by atoms with E-state index >= 15 is 0 Å². The first-order valence-corrected chi connectivity index (χ1v) is 7.16. The molecular formula is C16H15ClN2O2. The average molecular weight is 303 g/mol. The fourth-order valence-corrected chi connectivity index (χ4v) is 2.62. The van der Waals surface area contributed by atoms with Crippen LogP contribution in [0.2, 0.25) is 5.02 Å². The second kappa shape index (κ2) is 5.30. The summed E-state index contributed by atoms with van der Waals surface area (Å²) < 4.78 is 2.01. The lowest BCUT2D eigenvalue weighted by molar-refractivity contribution is 0.461. The van der Waals surface area contributed by atoms with Gasteiger partial charge in [0.05, 0.1) is 16.6 Å². The standard InChI is InChI=1S/C16H15ClN2O2/c1-2-7-19-14-8-10(17)3-5-13(14)18-16(19)12-9-11(20)4-6-15(12)21/h3-6,8-9,20-21H,2,7H2,1H3. The molecule has 4 nitrogen and oxygen atoms in total. The van der Waals surface area contributed by atoms with Crippen LogP contribution in [0.15, 0.2) is 36.4 Å². The first-order valence-electron chi connectivity index (χ1n) is 6.78. The highest BCUT2D eigenvalue weighted by Gasteiger charge is 2.16. The van der Waals surface area contributed by atoms with E-state index in [0.717, 1.165) is 24.0 Å². The van der Waals surface area contributed by atoms with Crippen molar-refractivity contribution >= 4 is 22.6 Å². The molecule has 0 bridgehead atoms. The van der Waals surface area contributed by atoms with Crippen LogP contribution in [-0.2, 0) is 6.54 Å². The number of hydrogen-bond donors (Lipinski definition) is 2. The van der Waals surface area contributed by atoms with Crippen LogP contribution in [0, 0.1) is 0 Å². The molecule has 0 amide bonds. The summed E-state index contributed by atoms with van der Waals surface area (Å²) in [4.78, 5) is 4.58. The van der Waals surface area contributed by atoms with Crippen molar-refractivity contribution in [1.29, 1.82) is 0 Å². The smallest absolute Gasteiger partial charge is 0.145 e. The number of nitrogens with zero attached hydrogens (tertiary/aromatic N) is 2. The summed E-state index contributed by atoms with van der Waals surface area (Å²) in [5, 5.41) is 20.4. The van der Waals surface area contributed by atoms with Crippen LogP contribution >= 0.6 is 11.6 Å². The lowest BCUT2D eigenvalue weighted by Crippen LogP contribution is -1.99. The number of aromatic nitrogens is 2. The van der Waals surface area contributed by atoms with E-state index in [1.165, 1.54) is 18.2 Å². The van der Waals surface area contributed by atoms with Crippen molar-refractivity contribution in [3.63, 3.8) is 0 Å². The first-order chi connectivity index (χ1) is 10.1. The Kier molecular flexibility index (Phi) is 3.47. The van der Waals surface area contributed by atoms with Crippen LogP contribution in [0.25, 0.3) is 22.4 Å². The third-order valence-corrected chi connectivity index (χ3v) is 3.61. The van der Waals surface area contributed by atoms with Gasteiger partial charge in [-0.3, -0.25) is 0 Å². The maximum absolute atomic E-state index is 10.1. The van der Waals surface area contributed by atoms with Crippen molar-refractivity contribution in [1.82, 2.24) is 9.55 Å². The predicted octanol–water partition coefficient (Wildman–Crippen LogP) is 4.18. The number of hydrogen-bond acceptors (Lipinski definition) is 3. The highest BCUT2D eigenvalue weighted by Crippen LogP contribution is 2.34. The molecule has 2 aromatic carbocycles. The Morgan fingerprint density at radius 3 is 2.71 bits per heavy atom. The van der Waals surface area contributed by atoms with E-state index in [0.29, 0.717) is 16.4 Å². The minimum atomic E-state index is 0.0894. The van der Waals surface area contributed by atoms with E-state index in [1.54, 1.807) is 6.07 Å². The molecule has 0 atom stereocenters. The van der Waals surface area contributed by atoms with Crippen molar-refractivity contribution in [2.75, 3.05) is 0 Å². The van der Waals surface area contributed by atoms with Gasteiger partial charge in [-0.1, -0.05) is 18.5 Å². The lowest BCUT2D eigenvalue weighted by atomic mass is 10.1. The maximum atomic E-state index is 10.1. The molecule has 0 aliphatic heterocycles. The maximum Gasteiger partial charge on any atom is 0.145 e. The van der Waals surface area contributed by atoms with E-state index < -0.39 is 0 Å². The number of rotatable bonds is 3. The normalized spacial score (nSPS) is 11.1. The van der Waals surface area contributed by atoms with Crippen LogP contribution in [0.4, 0.5) is 0 Å². The molecule has 0 aliphatic carbocycles. The van der Waals surface area contributed by atoms with Crippen molar-refractivity contribution in [3.8, 4) is 22.9 Å². The molecule has 3 rings (SSSR count). The number of phenolic OH excluding ortho intramolecular Hbond substituents is 2. The average Bonchev–Trinajstić information content (AvgIpc) is 2.80. The van der Waals surface area contributed by atoms with Crippen LogP contribution in [0.5, 0.6) is 11.5 Å². The molecule has 1 aromatic heterocycles. The number of benzene rings is 2. The van der Waals surface area contributed by atoms with E-state index in [9.17, 15) is 10.2 Å². The summed E-state index contributed by atoms with van der Waals surface area (Å²) in [6.07, 6.45) is 0.921. The highest BCUT2D eigenvalue weighted by atomic mass is 35.5. The van der Waals surface area contributed by atoms with Gasteiger partial charge in [0.2, 0.25) is 0 Å². The molecule has 0 aliphatic rings. The molecule has 21 heavy (non-hydrogen) atoms. The molecule has 108 valence electrons. The summed E-state index contributed by atoms with van der Waals surface area (Å²) in [5.41, 5.74) is 2.24. The Hall–Kier alpha value is -2.20. The van der Waals surface area contributed by atoms with Crippen LogP contribution in [0.1, 0.15) is 13.3 Å². The molecule has 0 saturated heterocycles. The van der Waals surface area contributed by atoms with E-state index in [4.69, 9.17) is 11.6 Å². The summed E-state index contributed by atoms with van der Waals surface area (Å²) in [6, 6.07) is 9.94. The van der Waals surface area contributed by atoms with Crippen LogP contribution < -0.4 is 0 Å². The summed E-state index contributed by atoms with van der Waals surface area (Å²) in [5.74, 6) is 0.810. The van der Waals surface area contributed by atoms with Crippen molar-refractivity contribution in [3.05, 3.63) is 41.4 Å². The fourth-order valence-electron chi connectivity index (χ4n) is 2.45. The van der Waals surface area contributed by atoms with E-state index in [-0.39, 0.29) is 11.5 Å². The molecule has 0 radical (unpaired) electrons. The van der Waals surface area contributed by atoms with Gasteiger partial charge in [-0.2, -0.15) is 0 Å². The highest BCUT2D eigenvalue weighted by molar-refractivity contribution is 6.31. The van der Waals surface area contributed by atoms with Crippen LogP contribution in [0.3, 0.4) is 0 Å². The number of halogens is 1. The second-order valence-corrected chi connectivity index (χ2v) is 5.36. The van der Waals surface area contributed by atoms with Gasteiger partial charge >= 0.3 is 0 Å². The fraction of sp³-hybridized carbons (Fsp3) is 0.188. The first kappa shape index (κ1) is 13.8. The quantitative estimate of drug-likeness (QED) is 0.714. The number of phenols is 2. The minimum Gasteiger partial charge on any atom is -0.508 e. The number of aryl methyl sites for hydroxylation is 1. The van der Waals surface area contributed by atoms with E-state index in [2.05, 4.69) is 11.9 Å². The Bertz CT molecular complexity index is 811. The minimum absolute atomic E-state index is 0.0894. The zero-order chi connectivity index (χ0) is 15.0. The summed E-state index contributed by atoms with van der Waals surface area (Å²) in [6.45, 7) is 2.82. The third-order valence-electron chi connectivity index (χ3n) is 3.38. The Morgan fingerprint density at radius 1 is 1.14 bits per heavy atom. The summed E-state index contributed by atoms with van der Waals surface area (Å²) >= 11 is 6.07. The third kappa shape index (κ3) is 2.43. The summed E-state index contributed by atoms with van der Waals surface area (Å²) in [7, 11) is 0. The van der Waals surface area contributed by atoms with Gasteiger partial charge in [0, 0.05) is 11.6 Å². The Labute approximate surface area is 127 Å². The molecule has 1 heterocycles. The van der Waals surface area contributed by atoms with Crippen molar-refractivity contribution in [2.45, 2.75) is 19.9 Å². The molecule has 5 heteroatoms. The molecular weight excluding hydrogens is 288 g/mol. The molecule has 2 N–H and O–H groups in total. The van der Waals surface area contributed by atoms with Crippen LogP contribution in [-0.4, -0.2) is 19.8 Å². The van der Waals surface area contributed by atoms with Gasteiger partial charge in [-0.05, 0) is 42.8 Å². The van der Waals surface area contributed by atoms with Gasteiger partial charge in [0.15, 0.2) is 0 Å². The zero-order valence-electron chi connectivity index (χ0n) is 11.5. The van der Waals surface area contributed by atoms with Crippen molar-refractivity contribution < 1.29 is 10.2 Å². The van der Waals surface area contributed by atoms with Gasteiger partial charge in [-0.25, -0.2) is 4.98 Å². The predicted molar refractivity (Wildman–Crippen MR) is 83.8 cm³/mol. The van der Waals surface area contributed by atoms with Gasteiger partial charge < -0.3 is 14.8 Å². The molecule has 0 saturated carbocycles. The zero-order valence-corrected chi connectivity index (χ0v) is 12.3. The van der Waals surface area contributed by atoms with Crippen molar-refractivity contribution in [2.24, 2.45) is 0 Å². The monoisotopic (exact) mass is 302 g/mol. The number of imidazole rings is 1. The number of aromatic hydroxyl groups is 2. The topological polar surface area (TPSA) is 58.3 Å². The molecule has 0 unspecified atom stereocenters. The van der Waals surface area contributed by atoms with E-state index in [1.807, 2.05) is 16.7 Å². The lowest BCUT2D eigenvalue weighted by Gasteiger charge is -2.09. The Balaban J connectivity index is 2.30. The Morgan fingerprint density at radius 2 is 1.95 bits per heavy atom. The molecule has 0 fully saturated rings. The van der Waals surface area contributed by atoms with Gasteiger partial charge in [-0.15, -0.1) is 0 Å². The molecule has 0 spiro atoms.